The number of carbonyl (C=O) groups excluding carboxylic acids is 1. The molecule has 0 aromatic heterocycles. The van der Waals surface area contributed by atoms with Crippen LogP contribution in [0.1, 0.15) is 29.8 Å². The highest BCUT2D eigenvalue weighted by molar-refractivity contribution is 6.02. The number of nitrogens with one attached hydrogen (secondary N) is 1. The fourth-order valence-corrected chi connectivity index (χ4v) is 3.19. The van der Waals surface area contributed by atoms with E-state index in [4.69, 9.17) is 4.74 Å². The van der Waals surface area contributed by atoms with E-state index in [0.29, 0.717) is 18.7 Å². The Kier molecular flexibility index (Phi) is 4.30. The fraction of sp³-hybridized carbons (Fsp3) is 0.250. The molecule has 2 aromatic rings. The van der Waals surface area contributed by atoms with Gasteiger partial charge in [-0.25, -0.2) is 0 Å². The summed E-state index contributed by atoms with van der Waals surface area (Å²) in [6, 6.07) is 15.5. The Bertz CT molecular complexity index is 772. The van der Waals surface area contributed by atoms with Gasteiger partial charge in [0, 0.05) is 17.8 Å². The lowest BCUT2D eigenvalue weighted by Gasteiger charge is -2.46. The number of carbonyl (C=O) groups is 1. The maximum absolute atomic E-state index is 12.9. The molecule has 24 heavy (non-hydrogen) atoms. The van der Waals surface area contributed by atoms with Crippen LogP contribution in [0.3, 0.4) is 0 Å². The molecule has 0 fully saturated rings. The monoisotopic (exact) mass is 322 g/mol. The molecule has 124 valence electrons. The summed E-state index contributed by atoms with van der Waals surface area (Å²) in [6.07, 6.45) is 1.71. The van der Waals surface area contributed by atoms with Gasteiger partial charge in [0.2, 0.25) is 0 Å². The summed E-state index contributed by atoms with van der Waals surface area (Å²) in [5.74, 6) is 0.796. The van der Waals surface area contributed by atoms with Gasteiger partial charge < -0.3 is 15.0 Å². The zero-order valence-electron chi connectivity index (χ0n) is 14.1. The third-order valence-corrected chi connectivity index (χ3v) is 4.40. The van der Waals surface area contributed by atoms with Crippen LogP contribution < -0.4 is 10.1 Å². The van der Waals surface area contributed by atoms with Crippen molar-refractivity contribution in [1.29, 1.82) is 0 Å². The third kappa shape index (κ3) is 2.64. The maximum Gasteiger partial charge on any atom is 0.258 e. The van der Waals surface area contributed by atoms with E-state index in [-0.39, 0.29) is 5.91 Å². The minimum atomic E-state index is -0.631. The average Bonchev–Trinajstić information content (AvgIpc) is 2.60. The second-order valence-electron chi connectivity index (χ2n) is 5.92. The minimum absolute atomic E-state index is 0.0340. The summed E-state index contributed by atoms with van der Waals surface area (Å²) < 4.78 is 5.65. The van der Waals surface area contributed by atoms with Gasteiger partial charge >= 0.3 is 0 Å². The highest BCUT2D eigenvalue weighted by Gasteiger charge is 2.41. The normalized spacial score (nSPS) is 19.4. The van der Waals surface area contributed by atoms with E-state index < -0.39 is 5.66 Å². The number of amides is 1. The van der Waals surface area contributed by atoms with Crippen LogP contribution in [0.25, 0.3) is 0 Å². The first kappa shape index (κ1) is 16.1. The van der Waals surface area contributed by atoms with Crippen molar-refractivity contribution in [2.45, 2.75) is 19.5 Å². The molecule has 2 aromatic carbocycles. The summed E-state index contributed by atoms with van der Waals surface area (Å²) in [6.45, 7) is 8.74. The standard InChI is InChI=1S/C20H22N2O2/c1-4-13-24-16-10-8-9-15(14-16)20(3)21-18-12-7-6-11-17(18)19(23)22(20)5-2/h4,6-12,14,21H,1,5,13H2,2-3H3. The molecule has 0 saturated carbocycles. The minimum Gasteiger partial charge on any atom is -0.490 e. The molecular formula is C20H22N2O2. The van der Waals surface area contributed by atoms with E-state index in [1.807, 2.05) is 67.3 Å². The Balaban J connectivity index is 2.05. The van der Waals surface area contributed by atoms with Crippen molar-refractivity contribution in [2.75, 3.05) is 18.5 Å². The number of rotatable bonds is 5. The van der Waals surface area contributed by atoms with Crippen molar-refractivity contribution < 1.29 is 9.53 Å². The highest BCUT2D eigenvalue weighted by atomic mass is 16.5. The Morgan fingerprint density at radius 1 is 1.25 bits per heavy atom. The largest absolute Gasteiger partial charge is 0.490 e. The topological polar surface area (TPSA) is 41.6 Å². The van der Waals surface area contributed by atoms with Crippen LogP contribution in [0.4, 0.5) is 5.69 Å². The summed E-state index contributed by atoms with van der Waals surface area (Å²) in [5, 5.41) is 3.53. The SMILES string of the molecule is C=CCOc1cccc(C2(C)Nc3ccccc3C(=O)N2CC)c1. The molecule has 1 heterocycles. The van der Waals surface area contributed by atoms with Crippen molar-refractivity contribution in [1.82, 2.24) is 4.90 Å². The summed E-state index contributed by atoms with van der Waals surface area (Å²) in [5.41, 5.74) is 1.91. The fourth-order valence-electron chi connectivity index (χ4n) is 3.19. The van der Waals surface area contributed by atoms with Gasteiger partial charge in [0.15, 0.2) is 0 Å². The molecule has 4 nitrogen and oxygen atoms in total. The Morgan fingerprint density at radius 2 is 2.04 bits per heavy atom. The van der Waals surface area contributed by atoms with Crippen molar-refractivity contribution in [3.63, 3.8) is 0 Å². The van der Waals surface area contributed by atoms with Crippen molar-refractivity contribution >= 4 is 11.6 Å². The Labute approximate surface area is 142 Å². The van der Waals surface area contributed by atoms with Gasteiger partial charge in [0.25, 0.3) is 5.91 Å². The van der Waals surface area contributed by atoms with Crippen LogP contribution in [0.15, 0.2) is 61.2 Å². The maximum atomic E-state index is 12.9. The van der Waals surface area contributed by atoms with E-state index >= 15 is 0 Å². The van der Waals surface area contributed by atoms with Crippen LogP contribution in [-0.4, -0.2) is 24.0 Å². The first-order chi connectivity index (χ1) is 11.6. The average molecular weight is 322 g/mol. The number of para-hydroxylation sites is 1. The second kappa shape index (κ2) is 6.40. The van der Waals surface area contributed by atoms with Crippen molar-refractivity contribution in [2.24, 2.45) is 0 Å². The molecule has 3 rings (SSSR count). The molecule has 1 unspecified atom stereocenters. The van der Waals surface area contributed by atoms with Gasteiger partial charge in [-0.3, -0.25) is 4.79 Å². The van der Waals surface area contributed by atoms with Gasteiger partial charge in [0.1, 0.15) is 18.0 Å². The molecular weight excluding hydrogens is 300 g/mol. The lowest BCUT2D eigenvalue weighted by Crippen LogP contribution is -2.55. The van der Waals surface area contributed by atoms with Gasteiger partial charge in [-0.05, 0) is 38.1 Å². The lowest BCUT2D eigenvalue weighted by atomic mass is 9.93. The van der Waals surface area contributed by atoms with E-state index in [1.165, 1.54) is 0 Å². The molecule has 0 saturated heterocycles. The van der Waals surface area contributed by atoms with Crippen molar-refractivity contribution in [3.8, 4) is 5.75 Å². The van der Waals surface area contributed by atoms with Crippen LogP contribution in [0, 0.1) is 0 Å². The smallest absolute Gasteiger partial charge is 0.258 e. The summed E-state index contributed by atoms with van der Waals surface area (Å²) in [7, 11) is 0. The predicted octanol–water partition coefficient (Wildman–Crippen LogP) is 4.01. The van der Waals surface area contributed by atoms with E-state index in [0.717, 1.165) is 17.0 Å². The van der Waals surface area contributed by atoms with Gasteiger partial charge in [0.05, 0.1) is 5.56 Å². The lowest BCUT2D eigenvalue weighted by molar-refractivity contribution is 0.0552. The number of hydrogen-bond donors (Lipinski definition) is 1. The Hall–Kier alpha value is -2.75. The zero-order chi connectivity index (χ0) is 17.2. The number of nitrogens with zero attached hydrogens (tertiary/aromatic N) is 1. The molecule has 0 aliphatic carbocycles. The molecule has 1 aliphatic heterocycles. The van der Waals surface area contributed by atoms with Gasteiger partial charge in [-0.15, -0.1) is 0 Å². The molecule has 0 radical (unpaired) electrons. The predicted molar refractivity (Wildman–Crippen MR) is 96.3 cm³/mol. The number of ether oxygens (including phenoxy) is 1. The summed E-state index contributed by atoms with van der Waals surface area (Å²) in [4.78, 5) is 14.8. The summed E-state index contributed by atoms with van der Waals surface area (Å²) >= 11 is 0. The van der Waals surface area contributed by atoms with E-state index in [9.17, 15) is 4.79 Å². The molecule has 1 aliphatic rings. The van der Waals surface area contributed by atoms with Gasteiger partial charge in [-0.2, -0.15) is 0 Å². The third-order valence-electron chi connectivity index (χ3n) is 4.40. The Morgan fingerprint density at radius 3 is 2.79 bits per heavy atom. The zero-order valence-corrected chi connectivity index (χ0v) is 14.1. The van der Waals surface area contributed by atoms with Crippen molar-refractivity contribution in [3.05, 3.63) is 72.3 Å². The van der Waals surface area contributed by atoms with Gasteiger partial charge in [-0.1, -0.05) is 36.9 Å². The number of hydrogen-bond acceptors (Lipinski definition) is 3. The van der Waals surface area contributed by atoms with Crippen LogP contribution in [0.2, 0.25) is 0 Å². The first-order valence-corrected chi connectivity index (χ1v) is 8.13. The number of anilines is 1. The van der Waals surface area contributed by atoms with Crippen LogP contribution in [-0.2, 0) is 5.66 Å². The molecule has 4 heteroatoms. The van der Waals surface area contributed by atoms with E-state index in [2.05, 4.69) is 11.9 Å². The second-order valence-corrected chi connectivity index (χ2v) is 5.92. The molecule has 1 amide bonds. The molecule has 0 bridgehead atoms. The molecule has 1 atom stereocenters. The van der Waals surface area contributed by atoms with Crippen LogP contribution in [0.5, 0.6) is 5.75 Å². The van der Waals surface area contributed by atoms with Crippen LogP contribution >= 0.6 is 0 Å². The molecule has 1 N–H and O–H groups in total. The molecule has 0 spiro atoms. The number of fused-ring (bicyclic) bond motifs is 1. The quantitative estimate of drug-likeness (QED) is 0.846. The first-order valence-electron chi connectivity index (χ1n) is 8.13. The number of benzene rings is 2. The van der Waals surface area contributed by atoms with E-state index in [1.54, 1.807) is 6.08 Å². The highest BCUT2D eigenvalue weighted by Crippen LogP contribution is 2.38.